The van der Waals surface area contributed by atoms with Crippen LogP contribution in [0.5, 0.6) is 0 Å². The Kier molecular flexibility index (Phi) is 5.18. The number of rotatable bonds is 4. The summed E-state index contributed by atoms with van der Waals surface area (Å²) in [6.45, 7) is 4.77. The van der Waals surface area contributed by atoms with E-state index < -0.39 is 0 Å². The van der Waals surface area contributed by atoms with Gasteiger partial charge in [0.15, 0.2) is 5.69 Å². The van der Waals surface area contributed by atoms with Crippen LogP contribution in [0.15, 0.2) is 34.9 Å². The first kappa shape index (κ1) is 17.2. The quantitative estimate of drug-likeness (QED) is 0.793. The Bertz CT molecular complexity index is 776. The lowest BCUT2D eigenvalue weighted by Gasteiger charge is -2.02. The summed E-state index contributed by atoms with van der Waals surface area (Å²) in [7, 11) is 1.92. The van der Waals surface area contributed by atoms with Gasteiger partial charge in [-0.05, 0) is 17.5 Å². The molecular formula is C16H20ClN5O. The van der Waals surface area contributed by atoms with Crippen LogP contribution >= 0.6 is 12.4 Å². The van der Waals surface area contributed by atoms with Crippen LogP contribution in [0.4, 0.5) is 0 Å². The maximum atomic E-state index is 5.60. The molecule has 0 aliphatic rings. The van der Waals surface area contributed by atoms with Gasteiger partial charge in [0.2, 0.25) is 5.82 Å². The first-order valence-corrected chi connectivity index (χ1v) is 7.26. The first-order valence-electron chi connectivity index (χ1n) is 7.26. The van der Waals surface area contributed by atoms with Crippen molar-refractivity contribution in [2.24, 2.45) is 12.8 Å². The lowest BCUT2D eigenvalue weighted by Crippen LogP contribution is -1.99. The molecule has 0 bridgehead atoms. The third kappa shape index (κ3) is 3.43. The molecule has 3 aromatic rings. The Labute approximate surface area is 141 Å². The van der Waals surface area contributed by atoms with Gasteiger partial charge in [-0.1, -0.05) is 43.3 Å². The molecule has 0 saturated carbocycles. The van der Waals surface area contributed by atoms with Crippen molar-refractivity contribution in [1.29, 1.82) is 0 Å². The van der Waals surface area contributed by atoms with Crippen LogP contribution in [0, 0.1) is 0 Å². The van der Waals surface area contributed by atoms with E-state index >= 15 is 0 Å². The molecule has 0 amide bonds. The highest BCUT2D eigenvalue weighted by Crippen LogP contribution is 2.24. The molecule has 2 heterocycles. The molecule has 0 saturated heterocycles. The highest BCUT2D eigenvalue weighted by atomic mass is 35.5. The van der Waals surface area contributed by atoms with Gasteiger partial charge < -0.3 is 10.3 Å². The molecule has 0 spiro atoms. The van der Waals surface area contributed by atoms with Gasteiger partial charge in [-0.15, -0.1) is 12.4 Å². The van der Waals surface area contributed by atoms with Crippen molar-refractivity contribution >= 4 is 12.4 Å². The molecular weight excluding hydrogens is 314 g/mol. The number of hydrogen-bond donors (Lipinski definition) is 1. The van der Waals surface area contributed by atoms with Gasteiger partial charge in [0.05, 0.1) is 0 Å². The zero-order valence-electron chi connectivity index (χ0n) is 13.4. The maximum Gasteiger partial charge on any atom is 0.278 e. The molecule has 0 unspecified atom stereocenters. The minimum atomic E-state index is 0. The minimum absolute atomic E-state index is 0. The normalized spacial score (nSPS) is 10.8. The first-order chi connectivity index (χ1) is 10.6. The summed E-state index contributed by atoms with van der Waals surface area (Å²) in [4.78, 5) is 4.44. The monoisotopic (exact) mass is 333 g/mol. The van der Waals surface area contributed by atoms with E-state index in [0.29, 0.717) is 29.9 Å². The van der Waals surface area contributed by atoms with E-state index in [1.54, 1.807) is 0 Å². The third-order valence-corrected chi connectivity index (χ3v) is 3.60. The summed E-state index contributed by atoms with van der Waals surface area (Å²) in [5.41, 5.74) is 9.39. The van der Waals surface area contributed by atoms with Gasteiger partial charge in [0, 0.05) is 24.8 Å². The number of nitrogens with two attached hydrogens (primary N) is 1. The molecule has 2 aromatic heterocycles. The van der Waals surface area contributed by atoms with Gasteiger partial charge in [-0.3, -0.25) is 4.68 Å². The largest absolute Gasteiger partial charge is 0.332 e. The molecule has 0 fully saturated rings. The van der Waals surface area contributed by atoms with Gasteiger partial charge in [0.1, 0.15) is 0 Å². The molecule has 6 nitrogen and oxygen atoms in total. The smallest absolute Gasteiger partial charge is 0.278 e. The molecule has 7 heteroatoms. The highest BCUT2D eigenvalue weighted by Gasteiger charge is 2.16. The molecule has 2 N–H and O–H groups in total. The third-order valence-electron chi connectivity index (χ3n) is 3.60. The van der Waals surface area contributed by atoms with Crippen LogP contribution in [0.3, 0.4) is 0 Å². The van der Waals surface area contributed by atoms with E-state index in [2.05, 4.69) is 29.1 Å². The summed E-state index contributed by atoms with van der Waals surface area (Å²) in [6, 6.07) is 9.79. The average Bonchev–Trinajstić information content (AvgIpc) is 3.14. The van der Waals surface area contributed by atoms with Gasteiger partial charge in [-0.25, -0.2) is 0 Å². The van der Waals surface area contributed by atoms with Crippen LogP contribution < -0.4 is 5.73 Å². The van der Waals surface area contributed by atoms with Crippen molar-refractivity contribution in [3.8, 4) is 23.0 Å². The lowest BCUT2D eigenvalue weighted by molar-refractivity contribution is 0.430. The summed E-state index contributed by atoms with van der Waals surface area (Å²) in [5.74, 6) is 1.37. The molecule has 1 aromatic carbocycles. The fraction of sp³-hybridized carbons (Fsp3) is 0.312. The average molecular weight is 334 g/mol. The predicted octanol–water partition coefficient (Wildman–Crippen LogP) is 3.14. The fourth-order valence-electron chi connectivity index (χ4n) is 2.36. The van der Waals surface area contributed by atoms with Crippen molar-refractivity contribution in [3.05, 3.63) is 41.6 Å². The number of halogens is 1. The Morgan fingerprint density at radius 3 is 2.48 bits per heavy atom. The Hall–Kier alpha value is -2.18. The van der Waals surface area contributed by atoms with Crippen LogP contribution in [0.2, 0.25) is 0 Å². The van der Waals surface area contributed by atoms with Crippen molar-refractivity contribution in [2.75, 3.05) is 0 Å². The van der Waals surface area contributed by atoms with E-state index in [0.717, 1.165) is 16.8 Å². The van der Waals surface area contributed by atoms with Gasteiger partial charge >= 0.3 is 0 Å². The van der Waals surface area contributed by atoms with Crippen molar-refractivity contribution < 1.29 is 4.52 Å². The van der Waals surface area contributed by atoms with E-state index in [4.69, 9.17) is 10.3 Å². The molecule has 3 rings (SSSR count). The van der Waals surface area contributed by atoms with Crippen LogP contribution in [-0.4, -0.2) is 19.9 Å². The van der Waals surface area contributed by atoms with Crippen molar-refractivity contribution in [2.45, 2.75) is 26.3 Å². The van der Waals surface area contributed by atoms with E-state index in [9.17, 15) is 0 Å². The Morgan fingerprint density at radius 2 is 1.91 bits per heavy atom. The molecule has 0 radical (unpaired) electrons. The van der Waals surface area contributed by atoms with Crippen LogP contribution in [-0.2, 0) is 13.6 Å². The summed E-state index contributed by atoms with van der Waals surface area (Å²) >= 11 is 0. The molecule has 23 heavy (non-hydrogen) atoms. The Morgan fingerprint density at radius 1 is 1.22 bits per heavy atom. The summed E-state index contributed by atoms with van der Waals surface area (Å²) in [6.07, 6.45) is 0. The molecule has 122 valence electrons. The zero-order chi connectivity index (χ0) is 15.7. The maximum absolute atomic E-state index is 5.60. The SMILES string of the molecule is CC(C)c1cc(-c2nc(-c3ccc(CN)cc3)no2)nn1C.Cl. The van der Waals surface area contributed by atoms with Crippen LogP contribution in [0.1, 0.15) is 31.0 Å². The standard InChI is InChI=1S/C16H19N5O.ClH/c1-10(2)14-8-13(19-21(14)3)16-18-15(20-22-16)12-6-4-11(9-17)5-7-12;/h4-8,10H,9,17H2,1-3H3;1H. The lowest BCUT2D eigenvalue weighted by atomic mass is 10.1. The minimum Gasteiger partial charge on any atom is -0.332 e. The molecule has 0 atom stereocenters. The fourth-order valence-corrected chi connectivity index (χ4v) is 2.36. The summed E-state index contributed by atoms with van der Waals surface area (Å²) in [5, 5.41) is 8.48. The second kappa shape index (κ2) is 6.93. The van der Waals surface area contributed by atoms with Gasteiger partial charge in [-0.2, -0.15) is 10.1 Å². The Balaban J connectivity index is 0.00000192. The summed E-state index contributed by atoms with van der Waals surface area (Å²) < 4.78 is 7.20. The topological polar surface area (TPSA) is 82.8 Å². The second-order valence-electron chi connectivity index (χ2n) is 5.56. The number of aromatic nitrogens is 4. The van der Waals surface area contributed by atoms with E-state index in [-0.39, 0.29) is 12.4 Å². The zero-order valence-corrected chi connectivity index (χ0v) is 14.2. The van der Waals surface area contributed by atoms with Crippen LogP contribution in [0.25, 0.3) is 23.0 Å². The number of hydrogen-bond acceptors (Lipinski definition) is 5. The number of aryl methyl sites for hydroxylation is 1. The predicted molar refractivity (Wildman–Crippen MR) is 91.2 cm³/mol. The highest BCUT2D eigenvalue weighted by molar-refractivity contribution is 5.85. The van der Waals surface area contributed by atoms with Crippen molar-refractivity contribution in [3.63, 3.8) is 0 Å². The van der Waals surface area contributed by atoms with Gasteiger partial charge in [0.25, 0.3) is 5.89 Å². The number of benzene rings is 1. The second-order valence-corrected chi connectivity index (χ2v) is 5.56. The number of nitrogens with zero attached hydrogens (tertiary/aromatic N) is 4. The molecule has 0 aliphatic heterocycles. The van der Waals surface area contributed by atoms with E-state index in [1.807, 2.05) is 42.1 Å². The molecule has 0 aliphatic carbocycles. The van der Waals surface area contributed by atoms with Crippen molar-refractivity contribution in [1.82, 2.24) is 19.9 Å². The van der Waals surface area contributed by atoms with E-state index in [1.165, 1.54) is 0 Å².